The van der Waals surface area contributed by atoms with Crippen LogP contribution in [-0.2, 0) is 16.6 Å². The van der Waals surface area contributed by atoms with Crippen LogP contribution in [0.5, 0.6) is 0 Å². The first-order valence-electron chi connectivity index (χ1n) is 5.66. The Balaban J connectivity index is 2.26. The molecule has 1 unspecified atom stereocenters. The zero-order chi connectivity index (χ0) is 14.0. The van der Waals surface area contributed by atoms with E-state index >= 15 is 0 Å². The summed E-state index contributed by atoms with van der Waals surface area (Å²) in [5.74, 6) is -0.315. The van der Waals surface area contributed by atoms with E-state index in [4.69, 9.17) is 17.3 Å². The molecule has 2 nitrogen and oxygen atoms in total. The van der Waals surface area contributed by atoms with Crippen LogP contribution in [-0.4, -0.2) is 4.21 Å². The van der Waals surface area contributed by atoms with E-state index in [0.717, 1.165) is 5.56 Å². The Labute approximate surface area is 118 Å². The van der Waals surface area contributed by atoms with Crippen LogP contribution < -0.4 is 5.73 Å². The molecule has 5 heteroatoms. The molecule has 2 rings (SSSR count). The van der Waals surface area contributed by atoms with Gasteiger partial charge in [-0.25, -0.2) is 4.39 Å². The first-order valence-corrected chi connectivity index (χ1v) is 7.36. The van der Waals surface area contributed by atoms with Gasteiger partial charge >= 0.3 is 0 Å². The molecule has 0 saturated carbocycles. The highest BCUT2D eigenvalue weighted by molar-refractivity contribution is 7.84. The minimum atomic E-state index is -1.28. The minimum absolute atomic E-state index is 0.0306. The number of hydrogen-bond donors (Lipinski definition) is 1. The molecule has 0 aliphatic rings. The molecule has 2 aromatic carbocycles. The molecule has 0 aromatic heterocycles. The third-order valence-corrected chi connectivity index (χ3v) is 4.60. The fraction of sp³-hybridized carbons (Fsp3) is 0.143. The van der Waals surface area contributed by atoms with Crippen molar-refractivity contribution in [2.45, 2.75) is 17.6 Å². The van der Waals surface area contributed by atoms with E-state index in [1.807, 2.05) is 6.92 Å². The van der Waals surface area contributed by atoms with E-state index < -0.39 is 16.6 Å². The summed E-state index contributed by atoms with van der Waals surface area (Å²) in [6.45, 7) is 1.85. The predicted octanol–water partition coefficient (Wildman–Crippen LogP) is 3.68. The SMILES string of the molecule is Cc1cc(S(=O)Cc2cccc(F)c2Cl)ccc1N. The van der Waals surface area contributed by atoms with Crippen molar-refractivity contribution in [3.05, 3.63) is 58.4 Å². The zero-order valence-corrected chi connectivity index (χ0v) is 11.9. The van der Waals surface area contributed by atoms with Crippen LogP contribution in [0.2, 0.25) is 5.02 Å². The van der Waals surface area contributed by atoms with Crippen LogP contribution in [0.3, 0.4) is 0 Å². The van der Waals surface area contributed by atoms with Crippen molar-refractivity contribution in [3.8, 4) is 0 Å². The van der Waals surface area contributed by atoms with E-state index in [9.17, 15) is 8.60 Å². The van der Waals surface area contributed by atoms with E-state index in [1.54, 1.807) is 30.3 Å². The molecule has 0 amide bonds. The van der Waals surface area contributed by atoms with Gasteiger partial charge in [0.05, 0.1) is 21.6 Å². The van der Waals surface area contributed by atoms with Gasteiger partial charge in [-0.15, -0.1) is 0 Å². The first-order chi connectivity index (χ1) is 8.99. The van der Waals surface area contributed by atoms with Gasteiger partial charge < -0.3 is 5.73 Å². The van der Waals surface area contributed by atoms with Gasteiger partial charge in [0, 0.05) is 10.6 Å². The highest BCUT2D eigenvalue weighted by atomic mass is 35.5. The lowest BCUT2D eigenvalue weighted by Gasteiger charge is -2.07. The van der Waals surface area contributed by atoms with E-state index in [1.165, 1.54) is 6.07 Å². The van der Waals surface area contributed by atoms with E-state index in [-0.39, 0.29) is 10.8 Å². The van der Waals surface area contributed by atoms with Crippen LogP contribution in [0.1, 0.15) is 11.1 Å². The zero-order valence-electron chi connectivity index (χ0n) is 10.3. The molecule has 0 spiro atoms. The second-order valence-corrected chi connectivity index (χ2v) is 6.05. The molecular weight excluding hydrogens is 285 g/mol. The smallest absolute Gasteiger partial charge is 0.142 e. The fourth-order valence-electron chi connectivity index (χ4n) is 1.67. The number of benzene rings is 2. The maximum absolute atomic E-state index is 13.3. The normalized spacial score (nSPS) is 12.4. The number of nitrogen functional groups attached to an aromatic ring is 1. The maximum atomic E-state index is 13.3. The van der Waals surface area contributed by atoms with Gasteiger partial charge in [0.2, 0.25) is 0 Å². The monoisotopic (exact) mass is 297 g/mol. The van der Waals surface area contributed by atoms with Gasteiger partial charge in [-0.2, -0.15) is 0 Å². The number of nitrogens with two attached hydrogens (primary N) is 1. The summed E-state index contributed by atoms with van der Waals surface area (Å²) in [7, 11) is -1.28. The second-order valence-electron chi connectivity index (χ2n) is 4.22. The van der Waals surface area contributed by atoms with Crippen molar-refractivity contribution in [1.82, 2.24) is 0 Å². The molecule has 0 saturated heterocycles. The van der Waals surface area contributed by atoms with Gasteiger partial charge in [0.15, 0.2) is 0 Å². The lowest BCUT2D eigenvalue weighted by Crippen LogP contribution is -2.00. The molecule has 0 aliphatic carbocycles. The Bertz CT molecular complexity index is 645. The molecule has 0 bridgehead atoms. The van der Waals surface area contributed by atoms with Crippen LogP contribution in [0, 0.1) is 12.7 Å². The lowest BCUT2D eigenvalue weighted by atomic mass is 10.2. The van der Waals surface area contributed by atoms with Crippen LogP contribution in [0.15, 0.2) is 41.3 Å². The molecule has 100 valence electrons. The summed E-state index contributed by atoms with van der Waals surface area (Å²) in [5, 5.41) is 0.0306. The number of halogens is 2. The molecule has 2 N–H and O–H groups in total. The second kappa shape index (κ2) is 5.72. The number of anilines is 1. The number of hydrogen-bond acceptors (Lipinski definition) is 2. The van der Waals surface area contributed by atoms with Crippen molar-refractivity contribution < 1.29 is 8.60 Å². The Hall–Kier alpha value is -1.39. The Morgan fingerprint density at radius 2 is 2.05 bits per heavy atom. The molecule has 2 aromatic rings. The standard InChI is InChI=1S/C14H13ClFNOS/c1-9-7-11(5-6-13(9)17)19(18)8-10-3-2-4-12(16)14(10)15/h2-7H,8,17H2,1H3. The van der Waals surface area contributed by atoms with Crippen LogP contribution in [0.25, 0.3) is 0 Å². The summed E-state index contributed by atoms with van der Waals surface area (Å²) in [4.78, 5) is 0.659. The van der Waals surface area contributed by atoms with E-state index in [2.05, 4.69) is 0 Å². The summed E-state index contributed by atoms with van der Waals surface area (Å²) in [6.07, 6.45) is 0. The third-order valence-electron chi connectivity index (χ3n) is 2.82. The van der Waals surface area contributed by atoms with Crippen LogP contribution >= 0.6 is 11.6 Å². The third kappa shape index (κ3) is 3.14. The molecule has 19 heavy (non-hydrogen) atoms. The molecule has 0 fully saturated rings. The van der Waals surface area contributed by atoms with Crippen molar-refractivity contribution >= 4 is 28.1 Å². The van der Waals surface area contributed by atoms with Gasteiger partial charge in [0.25, 0.3) is 0 Å². The van der Waals surface area contributed by atoms with Crippen LogP contribution in [0.4, 0.5) is 10.1 Å². The Morgan fingerprint density at radius 3 is 2.74 bits per heavy atom. The first kappa shape index (κ1) is 14.0. The average Bonchev–Trinajstić information content (AvgIpc) is 2.38. The van der Waals surface area contributed by atoms with Crippen molar-refractivity contribution in [2.24, 2.45) is 0 Å². The van der Waals surface area contributed by atoms with Crippen molar-refractivity contribution in [1.29, 1.82) is 0 Å². The Kier molecular flexibility index (Phi) is 4.22. The summed E-state index contributed by atoms with van der Waals surface area (Å²) < 4.78 is 25.5. The molecular formula is C14H13ClFNOS. The lowest BCUT2D eigenvalue weighted by molar-refractivity contribution is 0.626. The summed E-state index contributed by atoms with van der Waals surface area (Å²) in [5.41, 5.74) is 7.78. The summed E-state index contributed by atoms with van der Waals surface area (Å²) in [6, 6.07) is 9.72. The van der Waals surface area contributed by atoms with Crippen molar-refractivity contribution in [3.63, 3.8) is 0 Å². The maximum Gasteiger partial charge on any atom is 0.142 e. The minimum Gasteiger partial charge on any atom is -0.399 e. The fourth-order valence-corrected chi connectivity index (χ4v) is 3.16. The molecule has 0 aliphatic heterocycles. The predicted molar refractivity (Wildman–Crippen MR) is 77.1 cm³/mol. The highest BCUT2D eigenvalue weighted by Crippen LogP contribution is 2.24. The topological polar surface area (TPSA) is 43.1 Å². The molecule has 1 atom stereocenters. The van der Waals surface area contributed by atoms with Crippen molar-refractivity contribution in [2.75, 3.05) is 5.73 Å². The van der Waals surface area contributed by atoms with Gasteiger partial charge in [-0.3, -0.25) is 4.21 Å². The summed E-state index contributed by atoms with van der Waals surface area (Å²) >= 11 is 5.85. The van der Waals surface area contributed by atoms with Gasteiger partial charge in [-0.1, -0.05) is 23.7 Å². The Morgan fingerprint density at radius 1 is 1.32 bits per heavy atom. The largest absolute Gasteiger partial charge is 0.399 e. The van der Waals surface area contributed by atoms with E-state index in [0.29, 0.717) is 16.1 Å². The highest BCUT2D eigenvalue weighted by Gasteiger charge is 2.11. The number of rotatable bonds is 3. The quantitative estimate of drug-likeness (QED) is 0.878. The van der Waals surface area contributed by atoms with Gasteiger partial charge in [0.1, 0.15) is 5.82 Å². The molecule has 0 heterocycles. The molecule has 0 radical (unpaired) electrons. The average molecular weight is 298 g/mol. The number of aryl methyl sites for hydroxylation is 1. The van der Waals surface area contributed by atoms with Gasteiger partial charge in [-0.05, 0) is 42.3 Å².